The van der Waals surface area contributed by atoms with Crippen molar-refractivity contribution in [2.75, 3.05) is 13.2 Å². The van der Waals surface area contributed by atoms with Gasteiger partial charge >= 0.3 is 5.97 Å². The van der Waals surface area contributed by atoms with Crippen molar-refractivity contribution in [3.63, 3.8) is 0 Å². The van der Waals surface area contributed by atoms with E-state index in [-0.39, 0.29) is 13.2 Å². The summed E-state index contributed by atoms with van der Waals surface area (Å²) in [5.41, 5.74) is -0.324. The van der Waals surface area contributed by atoms with Crippen molar-refractivity contribution in [2.24, 2.45) is 5.41 Å². The number of carbonyl (C=O) groups excluding carboxylic acids is 1. The van der Waals surface area contributed by atoms with Gasteiger partial charge in [0.15, 0.2) is 0 Å². The standard InChI is InChI=1S/C14H17NO4/c16-9-8-15(10-11-4-2-1-3-5-11)12(17)14(6-7-14)13(18)19/h1-5,16H,6-10H2,(H,18,19). The maximum atomic E-state index is 12.3. The van der Waals surface area contributed by atoms with Gasteiger partial charge in [-0.1, -0.05) is 30.3 Å². The van der Waals surface area contributed by atoms with Crippen LogP contribution >= 0.6 is 0 Å². The zero-order valence-corrected chi connectivity index (χ0v) is 10.6. The van der Waals surface area contributed by atoms with Crippen molar-refractivity contribution in [1.82, 2.24) is 4.90 Å². The molecule has 0 heterocycles. The van der Waals surface area contributed by atoms with Crippen molar-refractivity contribution >= 4 is 11.9 Å². The molecule has 0 bridgehead atoms. The van der Waals surface area contributed by atoms with Crippen LogP contribution in [0, 0.1) is 5.41 Å². The predicted octanol–water partition coefficient (Wildman–Crippen LogP) is 0.872. The number of benzene rings is 1. The normalized spacial score (nSPS) is 15.8. The molecule has 5 heteroatoms. The van der Waals surface area contributed by atoms with Gasteiger partial charge in [0, 0.05) is 13.1 Å². The Labute approximate surface area is 111 Å². The van der Waals surface area contributed by atoms with E-state index >= 15 is 0 Å². The summed E-state index contributed by atoms with van der Waals surface area (Å²) >= 11 is 0. The quantitative estimate of drug-likeness (QED) is 0.747. The lowest BCUT2D eigenvalue weighted by Crippen LogP contribution is -2.41. The Balaban J connectivity index is 2.12. The number of aliphatic hydroxyl groups excluding tert-OH is 1. The molecular formula is C14H17NO4. The molecule has 1 aromatic rings. The molecule has 0 aliphatic heterocycles. The smallest absolute Gasteiger partial charge is 0.319 e. The molecule has 0 aromatic heterocycles. The van der Waals surface area contributed by atoms with E-state index in [2.05, 4.69) is 0 Å². The topological polar surface area (TPSA) is 77.8 Å². The van der Waals surface area contributed by atoms with Gasteiger partial charge in [0.1, 0.15) is 5.41 Å². The second-order valence-corrected chi connectivity index (χ2v) is 4.82. The second kappa shape index (κ2) is 5.40. The van der Waals surface area contributed by atoms with E-state index < -0.39 is 17.3 Å². The Morgan fingerprint density at radius 1 is 1.21 bits per heavy atom. The van der Waals surface area contributed by atoms with Crippen molar-refractivity contribution in [2.45, 2.75) is 19.4 Å². The first-order valence-corrected chi connectivity index (χ1v) is 6.28. The first kappa shape index (κ1) is 13.5. The van der Waals surface area contributed by atoms with E-state index in [0.717, 1.165) is 5.56 Å². The summed E-state index contributed by atoms with van der Waals surface area (Å²) in [5.74, 6) is -1.45. The highest BCUT2D eigenvalue weighted by Gasteiger charge is 2.58. The van der Waals surface area contributed by atoms with Crippen molar-refractivity contribution in [3.8, 4) is 0 Å². The van der Waals surface area contributed by atoms with Crippen LogP contribution in [0.5, 0.6) is 0 Å². The summed E-state index contributed by atoms with van der Waals surface area (Å²) in [4.78, 5) is 24.9. The van der Waals surface area contributed by atoms with Crippen LogP contribution in [-0.4, -0.2) is 40.1 Å². The second-order valence-electron chi connectivity index (χ2n) is 4.82. The Hall–Kier alpha value is -1.88. The van der Waals surface area contributed by atoms with Gasteiger partial charge in [-0.3, -0.25) is 9.59 Å². The van der Waals surface area contributed by atoms with Gasteiger partial charge in [0.2, 0.25) is 5.91 Å². The van der Waals surface area contributed by atoms with Gasteiger partial charge in [-0.15, -0.1) is 0 Å². The number of amides is 1. The molecule has 0 atom stereocenters. The Bertz CT molecular complexity index is 468. The minimum absolute atomic E-state index is 0.156. The number of nitrogens with zero attached hydrogens (tertiary/aromatic N) is 1. The minimum Gasteiger partial charge on any atom is -0.480 e. The van der Waals surface area contributed by atoms with E-state index in [0.29, 0.717) is 19.4 Å². The van der Waals surface area contributed by atoms with Gasteiger partial charge in [-0.25, -0.2) is 0 Å². The number of carbonyl (C=O) groups is 2. The van der Waals surface area contributed by atoms with Crippen LogP contribution in [-0.2, 0) is 16.1 Å². The van der Waals surface area contributed by atoms with Crippen LogP contribution < -0.4 is 0 Å². The van der Waals surface area contributed by atoms with Crippen LogP contribution in [0.3, 0.4) is 0 Å². The van der Waals surface area contributed by atoms with E-state index in [4.69, 9.17) is 10.2 Å². The molecule has 2 N–H and O–H groups in total. The monoisotopic (exact) mass is 263 g/mol. The van der Waals surface area contributed by atoms with Gasteiger partial charge in [-0.2, -0.15) is 0 Å². The van der Waals surface area contributed by atoms with Gasteiger partial charge < -0.3 is 15.1 Å². The van der Waals surface area contributed by atoms with Crippen molar-refractivity contribution < 1.29 is 19.8 Å². The molecule has 5 nitrogen and oxygen atoms in total. The average Bonchev–Trinajstić information content (AvgIpc) is 3.20. The molecule has 1 aliphatic carbocycles. The van der Waals surface area contributed by atoms with E-state index in [1.165, 1.54) is 4.90 Å². The third-order valence-corrected chi connectivity index (χ3v) is 3.44. The van der Waals surface area contributed by atoms with Gasteiger partial charge in [0.25, 0.3) is 0 Å². The number of hydrogen-bond donors (Lipinski definition) is 2. The molecule has 0 radical (unpaired) electrons. The fourth-order valence-corrected chi connectivity index (χ4v) is 2.12. The largest absolute Gasteiger partial charge is 0.480 e. The first-order valence-electron chi connectivity index (χ1n) is 6.28. The first-order chi connectivity index (χ1) is 9.10. The van der Waals surface area contributed by atoms with Crippen LogP contribution in [0.15, 0.2) is 30.3 Å². The fourth-order valence-electron chi connectivity index (χ4n) is 2.12. The molecule has 1 aromatic carbocycles. The number of aliphatic carboxylic acids is 1. The van der Waals surface area contributed by atoms with E-state index in [1.54, 1.807) is 0 Å². The highest BCUT2D eigenvalue weighted by Crippen LogP contribution is 2.47. The molecule has 102 valence electrons. The summed E-state index contributed by atoms with van der Waals surface area (Å²) in [5, 5.41) is 18.2. The van der Waals surface area contributed by atoms with Crippen LogP contribution in [0.4, 0.5) is 0 Å². The zero-order chi connectivity index (χ0) is 13.9. The summed E-state index contributed by atoms with van der Waals surface area (Å²) in [6, 6.07) is 9.35. The van der Waals surface area contributed by atoms with Crippen molar-refractivity contribution in [1.29, 1.82) is 0 Å². The maximum absolute atomic E-state index is 12.3. The number of carboxylic acids is 1. The molecule has 2 rings (SSSR count). The molecule has 0 unspecified atom stereocenters. The number of carboxylic acid groups (broad SMARTS) is 1. The summed E-state index contributed by atoms with van der Waals surface area (Å²) < 4.78 is 0. The maximum Gasteiger partial charge on any atom is 0.319 e. The summed E-state index contributed by atoms with van der Waals surface area (Å²) in [6.45, 7) is 0.312. The third kappa shape index (κ3) is 2.76. The lowest BCUT2D eigenvalue weighted by Gasteiger charge is -2.25. The van der Waals surface area contributed by atoms with Crippen LogP contribution in [0.25, 0.3) is 0 Å². The number of rotatable bonds is 6. The molecule has 1 amide bonds. The van der Waals surface area contributed by atoms with Crippen LogP contribution in [0.2, 0.25) is 0 Å². The predicted molar refractivity (Wildman–Crippen MR) is 68.2 cm³/mol. The average molecular weight is 263 g/mol. The highest BCUT2D eigenvalue weighted by atomic mass is 16.4. The molecule has 1 aliphatic rings. The number of hydrogen-bond acceptors (Lipinski definition) is 3. The molecule has 0 saturated heterocycles. The summed E-state index contributed by atoms with van der Waals surface area (Å²) in [6.07, 6.45) is 0.774. The molecular weight excluding hydrogens is 246 g/mol. The van der Waals surface area contributed by atoms with E-state index in [1.807, 2.05) is 30.3 Å². The number of aliphatic hydroxyl groups is 1. The molecule has 1 fully saturated rings. The van der Waals surface area contributed by atoms with Crippen molar-refractivity contribution in [3.05, 3.63) is 35.9 Å². The van der Waals surface area contributed by atoms with E-state index in [9.17, 15) is 9.59 Å². The zero-order valence-electron chi connectivity index (χ0n) is 10.6. The Morgan fingerprint density at radius 2 is 1.84 bits per heavy atom. The third-order valence-electron chi connectivity index (χ3n) is 3.44. The lowest BCUT2D eigenvalue weighted by atomic mass is 10.1. The molecule has 19 heavy (non-hydrogen) atoms. The highest BCUT2D eigenvalue weighted by molar-refractivity contribution is 6.04. The molecule has 1 saturated carbocycles. The van der Waals surface area contributed by atoms with Gasteiger partial charge in [-0.05, 0) is 18.4 Å². The minimum atomic E-state index is -1.25. The van der Waals surface area contributed by atoms with Crippen LogP contribution in [0.1, 0.15) is 18.4 Å². The summed E-state index contributed by atoms with van der Waals surface area (Å²) in [7, 11) is 0. The fraction of sp³-hybridized carbons (Fsp3) is 0.429. The Kier molecular flexibility index (Phi) is 3.85. The molecule has 0 spiro atoms. The SMILES string of the molecule is O=C(O)C1(C(=O)N(CCO)Cc2ccccc2)CC1. The van der Waals surface area contributed by atoms with Gasteiger partial charge in [0.05, 0.1) is 6.61 Å². The lowest BCUT2D eigenvalue weighted by molar-refractivity contribution is -0.154. The Morgan fingerprint density at radius 3 is 2.32 bits per heavy atom.